The van der Waals surface area contributed by atoms with Crippen LogP contribution in [0.4, 0.5) is 5.69 Å². The van der Waals surface area contributed by atoms with Gasteiger partial charge in [-0.3, -0.25) is 9.59 Å². The van der Waals surface area contributed by atoms with E-state index in [-0.39, 0.29) is 18.0 Å². The Hall–Kier alpha value is -1.75. The minimum Gasteiger partial charge on any atom is -0.481 e. The minimum atomic E-state index is -0.791. The quantitative estimate of drug-likeness (QED) is 0.717. The van der Waals surface area contributed by atoms with Crippen LogP contribution in [-0.2, 0) is 4.79 Å². The average Bonchev–Trinajstić information content (AvgIpc) is 2.27. The van der Waals surface area contributed by atoms with E-state index in [9.17, 15) is 9.59 Å². The van der Waals surface area contributed by atoms with Gasteiger partial charge in [0.15, 0.2) is 0 Å². The number of carbonyl (C=O) groups is 2. The molecule has 1 unspecified atom stereocenters. The zero-order valence-corrected chi connectivity index (χ0v) is 11.4. The number of amides is 1. The van der Waals surface area contributed by atoms with Crippen LogP contribution in [0.15, 0.2) is 18.2 Å². The van der Waals surface area contributed by atoms with Gasteiger partial charge in [-0.05, 0) is 38.0 Å². The molecule has 0 aliphatic carbocycles. The third-order valence-corrected chi connectivity index (χ3v) is 2.99. The molecule has 5 nitrogen and oxygen atoms in total. The maximum Gasteiger partial charge on any atom is 0.303 e. The summed E-state index contributed by atoms with van der Waals surface area (Å²) < 4.78 is 0. The van der Waals surface area contributed by atoms with Crippen molar-refractivity contribution >= 4 is 29.2 Å². The lowest BCUT2D eigenvalue weighted by molar-refractivity contribution is -0.137. The Kier molecular flexibility index (Phi) is 5.63. The molecule has 1 rings (SSSR count). The predicted molar refractivity (Wildman–Crippen MR) is 74.5 cm³/mol. The normalized spacial score (nSPS) is 11.9. The van der Waals surface area contributed by atoms with Crippen LogP contribution < -0.4 is 11.1 Å². The molecule has 0 aliphatic heterocycles. The molecule has 4 N–H and O–H groups in total. The van der Waals surface area contributed by atoms with Crippen LogP contribution in [0.5, 0.6) is 0 Å². The summed E-state index contributed by atoms with van der Waals surface area (Å²) in [6, 6.07) is 5.04. The number of primary amides is 1. The van der Waals surface area contributed by atoms with Crippen LogP contribution in [0, 0.1) is 0 Å². The van der Waals surface area contributed by atoms with Crippen molar-refractivity contribution < 1.29 is 14.7 Å². The zero-order chi connectivity index (χ0) is 14.4. The van der Waals surface area contributed by atoms with Gasteiger partial charge in [-0.15, -0.1) is 0 Å². The van der Waals surface area contributed by atoms with Crippen LogP contribution in [0.25, 0.3) is 0 Å². The lowest BCUT2D eigenvalue weighted by Gasteiger charge is -2.15. The fourth-order valence-electron chi connectivity index (χ4n) is 1.72. The number of nitrogens with one attached hydrogen (secondary N) is 1. The van der Waals surface area contributed by atoms with Crippen LogP contribution in [0.1, 0.15) is 36.5 Å². The molecule has 19 heavy (non-hydrogen) atoms. The van der Waals surface area contributed by atoms with E-state index in [1.807, 2.05) is 6.92 Å². The SMILES string of the molecule is CC(CCCC(=O)O)Nc1ccc(C(N)=O)c(Cl)c1. The summed E-state index contributed by atoms with van der Waals surface area (Å²) in [5, 5.41) is 12.0. The van der Waals surface area contributed by atoms with E-state index in [0.717, 1.165) is 12.1 Å². The van der Waals surface area contributed by atoms with Crippen LogP contribution in [0.2, 0.25) is 5.02 Å². The number of anilines is 1. The second-order valence-electron chi connectivity index (χ2n) is 4.39. The molecule has 0 bridgehead atoms. The van der Waals surface area contributed by atoms with E-state index in [1.165, 1.54) is 0 Å². The molecule has 0 radical (unpaired) electrons. The molecular weight excluding hydrogens is 268 g/mol. The lowest BCUT2D eigenvalue weighted by Crippen LogP contribution is -2.16. The Bertz CT molecular complexity index is 477. The highest BCUT2D eigenvalue weighted by atomic mass is 35.5. The monoisotopic (exact) mass is 284 g/mol. The Morgan fingerprint density at radius 3 is 2.68 bits per heavy atom. The third kappa shape index (κ3) is 5.18. The van der Waals surface area contributed by atoms with Crippen LogP contribution in [-0.4, -0.2) is 23.0 Å². The van der Waals surface area contributed by atoms with Gasteiger partial charge in [0.1, 0.15) is 0 Å². The first kappa shape index (κ1) is 15.3. The molecular formula is C13H17ClN2O3. The van der Waals surface area contributed by atoms with E-state index in [1.54, 1.807) is 18.2 Å². The van der Waals surface area contributed by atoms with Crippen molar-refractivity contribution in [1.29, 1.82) is 0 Å². The van der Waals surface area contributed by atoms with Crippen molar-refractivity contribution in [3.05, 3.63) is 28.8 Å². The molecule has 104 valence electrons. The van der Waals surface area contributed by atoms with Crippen molar-refractivity contribution in [1.82, 2.24) is 0 Å². The molecule has 6 heteroatoms. The van der Waals surface area contributed by atoms with E-state index in [4.69, 9.17) is 22.4 Å². The summed E-state index contributed by atoms with van der Waals surface area (Å²) in [6.45, 7) is 1.96. The highest BCUT2D eigenvalue weighted by molar-refractivity contribution is 6.34. The first-order valence-electron chi connectivity index (χ1n) is 5.98. The minimum absolute atomic E-state index is 0.120. The van der Waals surface area contributed by atoms with Crippen molar-refractivity contribution in [3.63, 3.8) is 0 Å². The number of halogens is 1. The maximum atomic E-state index is 11.0. The number of aliphatic carboxylic acids is 1. The summed E-state index contributed by atoms with van der Waals surface area (Å²) in [6.07, 6.45) is 1.51. The molecule has 0 aromatic heterocycles. The number of benzene rings is 1. The molecule has 0 heterocycles. The van der Waals surface area contributed by atoms with Gasteiger partial charge in [0.05, 0.1) is 10.6 Å². The maximum absolute atomic E-state index is 11.0. The first-order valence-corrected chi connectivity index (χ1v) is 6.35. The Morgan fingerprint density at radius 1 is 1.47 bits per heavy atom. The van der Waals surface area contributed by atoms with E-state index < -0.39 is 11.9 Å². The summed E-state index contributed by atoms with van der Waals surface area (Å²) in [4.78, 5) is 21.4. The molecule has 0 fully saturated rings. The van der Waals surface area contributed by atoms with Crippen molar-refractivity contribution in [2.75, 3.05) is 5.32 Å². The van der Waals surface area contributed by atoms with E-state index >= 15 is 0 Å². The van der Waals surface area contributed by atoms with Gasteiger partial charge in [0.25, 0.3) is 0 Å². The van der Waals surface area contributed by atoms with E-state index in [2.05, 4.69) is 5.32 Å². The fraction of sp³-hybridized carbons (Fsp3) is 0.385. The summed E-state index contributed by atoms with van der Waals surface area (Å²) in [5.74, 6) is -1.35. The summed E-state index contributed by atoms with van der Waals surface area (Å²) in [5.41, 5.74) is 6.22. The second kappa shape index (κ2) is 6.99. The molecule has 1 aromatic rings. The molecule has 0 saturated carbocycles. The number of hydrogen-bond acceptors (Lipinski definition) is 3. The first-order chi connectivity index (χ1) is 8.90. The molecule has 1 amide bonds. The number of carboxylic acids is 1. The third-order valence-electron chi connectivity index (χ3n) is 2.68. The number of nitrogens with two attached hydrogens (primary N) is 1. The van der Waals surface area contributed by atoms with E-state index in [0.29, 0.717) is 11.4 Å². The number of carboxylic acid groups (broad SMARTS) is 1. The topological polar surface area (TPSA) is 92.4 Å². The molecule has 0 saturated heterocycles. The summed E-state index contributed by atoms with van der Waals surface area (Å²) >= 11 is 5.94. The highest BCUT2D eigenvalue weighted by Crippen LogP contribution is 2.21. The number of carbonyl (C=O) groups excluding carboxylic acids is 1. The van der Waals surface area contributed by atoms with Gasteiger partial charge in [-0.1, -0.05) is 11.6 Å². The van der Waals surface area contributed by atoms with Crippen molar-refractivity contribution in [2.45, 2.75) is 32.2 Å². The van der Waals surface area contributed by atoms with Gasteiger partial charge in [0.2, 0.25) is 5.91 Å². The Labute approximate surface area is 116 Å². The fourth-order valence-corrected chi connectivity index (χ4v) is 1.99. The van der Waals surface area contributed by atoms with Crippen molar-refractivity contribution in [3.8, 4) is 0 Å². The largest absolute Gasteiger partial charge is 0.481 e. The molecule has 0 aliphatic rings. The summed E-state index contributed by atoms with van der Waals surface area (Å²) in [7, 11) is 0. The van der Waals surface area contributed by atoms with Crippen molar-refractivity contribution in [2.24, 2.45) is 5.73 Å². The van der Waals surface area contributed by atoms with Gasteiger partial charge in [0, 0.05) is 18.2 Å². The molecule has 0 spiro atoms. The Balaban J connectivity index is 2.55. The second-order valence-corrected chi connectivity index (χ2v) is 4.80. The van der Waals surface area contributed by atoms with Crippen LogP contribution >= 0.6 is 11.6 Å². The lowest BCUT2D eigenvalue weighted by atomic mass is 10.1. The number of hydrogen-bond donors (Lipinski definition) is 3. The highest BCUT2D eigenvalue weighted by Gasteiger charge is 2.09. The standard InChI is InChI=1S/C13H17ClN2O3/c1-8(3-2-4-12(17)18)16-9-5-6-10(13(15)19)11(14)7-9/h5-8,16H,2-4H2,1H3,(H2,15,19)(H,17,18). The smallest absolute Gasteiger partial charge is 0.303 e. The van der Waals surface area contributed by atoms with Gasteiger partial charge in [-0.25, -0.2) is 0 Å². The predicted octanol–water partition coefficient (Wildman–Crippen LogP) is 2.49. The zero-order valence-electron chi connectivity index (χ0n) is 10.6. The average molecular weight is 285 g/mol. The van der Waals surface area contributed by atoms with Crippen LogP contribution in [0.3, 0.4) is 0 Å². The number of rotatable bonds is 7. The Morgan fingerprint density at radius 2 is 2.16 bits per heavy atom. The molecule has 1 atom stereocenters. The molecule has 1 aromatic carbocycles. The van der Waals surface area contributed by atoms with Gasteiger partial charge < -0.3 is 16.2 Å². The van der Waals surface area contributed by atoms with Gasteiger partial charge in [-0.2, -0.15) is 0 Å². The van der Waals surface area contributed by atoms with Gasteiger partial charge >= 0.3 is 5.97 Å².